The van der Waals surface area contributed by atoms with E-state index in [-0.39, 0.29) is 29.1 Å². The second kappa shape index (κ2) is 12.0. The Labute approximate surface area is 239 Å². The molecule has 0 spiro atoms. The van der Waals surface area contributed by atoms with Crippen molar-refractivity contribution >= 4 is 15.9 Å². The van der Waals surface area contributed by atoms with Gasteiger partial charge in [-0.25, -0.2) is 17.5 Å². The summed E-state index contributed by atoms with van der Waals surface area (Å²) < 4.78 is 93.5. The molecule has 0 bridgehead atoms. The molecular formula is C29H39F4N3O4S. The normalized spacial score (nSPS) is 18.0. The summed E-state index contributed by atoms with van der Waals surface area (Å²) in [5, 5.41) is 3.00. The van der Waals surface area contributed by atoms with Crippen molar-refractivity contribution in [1.82, 2.24) is 14.6 Å². The molecule has 2 heterocycles. The van der Waals surface area contributed by atoms with Crippen LogP contribution in [0.1, 0.15) is 87.3 Å². The maximum absolute atomic E-state index is 15.5. The first-order valence-electron chi connectivity index (χ1n) is 14.1. The Morgan fingerprint density at radius 3 is 2.24 bits per heavy atom. The molecule has 2 N–H and O–H groups in total. The number of halogens is 4. The van der Waals surface area contributed by atoms with Crippen molar-refractivity contribution in [3.8, 4) is 11.3 Å². The van der Waals surface area contributed by atoms with Crippen molar-refractivity contribution in [1.29, 1.82) is 0 Å². The summed E-state index contributed by atoms with van der Waals surface area (Å²) >= 11 is 0. The minimum Gasteiger partial charge on any atom is -0.381 e. The Morgan fingerprint density at radius 2 is 1.66 bits per heavy atom. The molecule has 12 heteroatoms. The molecule has 2 aliphatic rings. The summed E-state index contributed by atoms with van der Waals surface area (Å²) in [6.07, 6.45) is 1.23. The molecule has 0 atom stereocenters. The van der Waals surface area contributed by atoms with E-state index in [0.29, 0.717) is 49.9 Å². The van der Waals surface area contributed by atoms with Gasteiger partial charge in [-0.05, 0) is 77.5 Å². The number of aromatic nitrogens is 1. The van der Waals surface area contributed by atoms with Gasteiger partial charge in [0.25, 0.3) is 5.91 Å². The lowest BCUT2D eigenvalue weighted by Crippen LogP contribution is -2.41. The second-order valence-electron chi connectivity index (χ2n) is 12.2. The lowest BCUT2D eigenvalue weighted by Gasteiger charge is -2.25. The fourth-order valence-electron chi connectivity index (χ4n) is 5.76. The maximum Gasteiger partial charge on any atom is 0.417 e. The predicted octanol–water partition coefficient (Wildman–Crippen LogP) is 6.19. The van der Waals surface area contributed by atoms with Gasteiger partial charge in [0.05, 0.1) is 11.1 Å². The van der Waals surface area contributed by atoms with Crippen molar-refractivity contribution in [2.45, 2.75) is 102 Å². The number of nitrogens with one attached hydrogen (secondary N) is 2. The van der Waals surface area contributed by atoms with E-state index in [2.05, 4.69) is 10.0 Å². The van der Waals surface area contributed by atoms with Crippen LogP contribution in [0.25, 0.3) is 11.3 Å². The largest absolute Gasteiger partial charge is 0.417 e. The monoisotopic (exact) mass is 601 g/mol. The molecule has 1 saturated heterocycles. The molecule has 1 aromatic carbocycles. The first kappa shape index (κ1) is 31.5. The molecule has 0 radical (unpaired) electrons. The summed E-state index contributed by atoms with van der Waals surface area (Å²) in [4.78, 5) is 11.9. The number of rotatable bonds is 7. The highest BCUT2D eigenvalue weighted by molar-refractivity contribution is 7.89. The summed E-state index contributed by atoms with van der Waals surface area (Å²) in [7, 11) is -4.85. The van der Waals surface area contributed by atoms with Crippen LogP contribution in [0.5, 0.6) is 0 Å². The van der Waals surface area contributed by atoms with Gasteiger partial charge in [-0.2, -0.15) is 13.2 Å². The highest BCUT2D eigenvalue weighted by atomic mass is 32.2. The number of benzene rings is 1. The van der Waals surface area contributed by atoms with Gasteiger partial charge in [-0.15, -0.1) is 0 Å². The number of carbonyl (C=O) groups is 1. The fraction of sp³-hybridized carbons (Fsp3) is 0.621. The molecule has 2 aromatic rings. The minimum atomic E-state index is -5.15. The average molecular weight is 602 g/mol. The molecule has 41 heavy (non-hydrogen) atoms. The van der Waals surface area contributed by atoms with E-state index in [1.165, 1.54) is 26.8 Å². The van der Waals surface area contributed by atoms with Gasteiger partial charge in [0, 0.05) is 48.3 Å². The first-order chi connectivity index (χ1) is 19.1. The Morgan fingerprint density at radius 1 is 1.02 bits per heavy atom. The number of nitrogens with zero attached hydrogens (tertiary/aromatic N) is 1. The lowest BCUT2D eigenvalue weighted by molar-refractivity contribution is -0.140. The van der Waals surface area contributed by atoms with Gasteiger partial charge in [-0.1, -0.05) is 19.3 Å². The SMILES string of the molecule is Cc1c(C(=O)NC2CCOCC2)cc(-c2cc(F)c(S(=O)(=O)NC(C)(C)C)c(C(F)(F)F)c2)n1CC1CCCCC1. The van der Waals surface area contributed by atoms with Crippen LogP contribution < -0.4 is 10.0 Å². The smallest absolute Gasteiger partial charge is 0.381 e. The third-order valence-electron chi connectivity index (χ3n) is 7.69. The average Bonchev–Trinajstić information content (AvgIpc) is 3.18. The van der Waals surface area contributed by atoms with Gasteiger partial charge >= 0.3 is 6.18 Å². The zero-order valence-corrected chi connectivity index (χ0v) is 24.8. The van der Waals surface area contributed by atoms with Crippen LogP contribution in [0.3, 0.4) is 0 Å². The van der Waals surface area contributed by atoms with E-state index in [9.17, 15) is 26.4 Å². The molecular weight excluding hydrogens is 562 g/mol. The number of amides is 1. The molecule has 1 aromatic heterocycles. The minimum absolute atomic E-state index is 0.0881. The third-order valence-corrected chi connectivity index (χ3v) is 9.52. The zero-order valence-electron chi connectivity index (χ0n) is 24.0. The Hall–Kier alpha value is -2.44. The number of ether oxygens (including phenoxy) is 1. The molecule has 1 aliphatic heterocycles. The molecule has 0 unspecified atom stereocenters. The van der Waals surface area contributed by atoms with Gasteiger partial charge in [0.1, 0.15) is 10.7 Å². The fourth-order valence-corrected chi connectivity index (χ4v) is 7.45. The van der Waals surface area contributed by atoms with E-state index in [0.717, 1.165) is 38.2 Å². The van der Waals surface area contributed by atoms with Crippen LogP contribution in [0.4, 0.5) is 17.6 Å². The molecule has 4 rings (SSSR count). The molecule has 7 nitrogen and oxygen atoms in total. The van der Waals surface area contributed by atoms with Crippen molar-refractivity contribution in [3.63, 3.8) is 0 Å². The first-order valence-corrected chi connectivity index (χ1v) is 15.6. The summed E-state index contributed by atoms with van der Waals surface area (Å²) in [5.41, 5.74) is -1.78. The number of hydrogen-bond acceptors (Lipinski definition) is 4. The van der Waals surface area contributed by atoms with Crippen LogP contribution in [0, 0.1) is 18.7 Å². The van der Waals surface area contributed by atoms with E-state index in [1.807, 2.05) is 0 Å². The summed E-state index contributed by atoms with van der Waals surface area (Å²) in [6.45, 7) is 7.61. The van der Waals surface area contributed by atoms with Gasteiger partial charge in [0.15, 0.2) is 0 Å². The molecule has 2 fully saturated rings. The van der Waals surface area contributed by atoms with E-state index >= 15 is 4.39 Å². The summed E-state index contributed by atoms with van der Waals surface area (Å²) in [6, 6.07) is 2.89. The number of sulfonamides is 1. The number of alkyl halides is 3. The van der Waals surface area contributed by atoms with Crippen LogP contribution in [0.2, 0.25) is 0 Å². The van der Waals surface area contributed by atoms with Crippen molar-refractivity contribution < 1.29 is 35.5 Å². The molecule has 1 saturated carbocycles. The van der Waals surface area contributed by atoms with E-state index < -0.39 is 38.0 Å². The maximum atomic E-state index is 15.5. The van der Waals surface area contributed by atoms with Gasteiger partial charge < -0.3 is 14.6 Å². The standard InChI is InChI=1S/C29H39F4N3O4S/c1-18-22(27(37)34-21-10-12-40-13-11-21)16-25(36(18)17-19-8-6-5-7-9-19)20-14-23(29(31,32)33)26(24(30)15-20)41(38,39)35-28(2,3)4/h14-16,19,21,35H,5-13,17H2,1-4H3,(H,34,37). The number of hydrogen-bond donors (Lipinski definition) is 2. The molecule has 1 aliphatic carbocycles. The molecule has 1 amide bonds. The van der Waals surface area contributed by atoms with E-state index in [1.54, 1.807) is 11.5 Å². The van der Waals surface area contributed by atoms with Gasteiger partial charge in [-0.3, -0.25) is 4.79 Å². The lowest BCUT2D eigenvalue weighted by atomic mass is 9.89. The van der Waals surface area contributed by atoms with Crippen LogP contribution in [0.15, 0.2) is 23.1 Å². The highest BCUT2D eigenvalue weighted by Crippen LogP contribution is 2.40. The number of carbonyl (C=O) groups excluding carboxylic acids is 1. The Bertz CT molecular complexity index is 1370. The molecule has 228 valence electrons. The topological polar surface area (TPSA) is 89.4 Å². The highest BCUT2D eigenvalue weighted by Gasteiger charge is 2.41. The van der Waals surface area contributed by atoms with Gasteiger partial charge in [0.2, 0.25) is 10.0 Å². The van der Waals surface area contributed by atoms with Crippen molar-refractivity contribution in [3.05, 3.63) is 40.8 Å². The Balaban J connectivity index is 1.83. The third kappa shape index (κ3) is 7.50. The van der Waals surface area contributed by atoms with Crippen molar-refractivity contribution in [2.24, 2.45) is 5.92 Å². The van der Waals surface area contributed by atoms with E-state index in [4.69, 9.17) is 4.74 Å². The van der Waals surface area contributed by atoms with Crippen LogP contribution in [-0.2, 0) is 27.5 Å². The quantitative estimate of drug-likeness (QED) is 0.371. The zero-order chi connectivity index (χ0) is 30.2. The second-order valence-corrected chi connectivity index (χ2v) is 13.8. The Kier molecular flexibility index (Phi) is 9.25. The van der Waals surface area contributed by atoms with Crippen LogP contribution >= 0.6 is 0 Å². The van der Waals surface area contributed by atoms with Crippen LogP contribution in [-0.4, -0.2) is 43.7 Å². The summed E-state index contributed by atoms with van der Waals surface area (Å²) in [5.74, 6) is -1.62. The van der Waals surface area contributed by atoms with Crippen molar-refractivity contribution in [2.75, 3.05) is 13.2 Å². The predicted molar refractivity (Wildman–Crippen MR) is 148 cm³/mol.